The number of nitrogens with zero attached hydrogens (tertiary/aromatic N) is 1. The van der Waals surface area contributed by atoms with Crippen LogP contribution in [0.3, 0.4) is 0 Å². The van der Waals surface area contributed by atoms with E-state index in [1.54, 1.807) is 0 Å². The van der Waals surface area contributed by atoms with E-state index in [2.05, 4.69) is 287 Å². The van der Waals surface area contributed by atoms with Crippen LogP contribution < -0.4 is 21.3 Å². The van der Waals surface area contributed by atoms with Crippen LogP contribution in [0.1, 0.15) is 61.1 Å². The molecule has 0 amide bonds. The molecule has 0 spiro atoms. The quantitative estimate of drug-likeness (QED) is 0.103. The zero-order chi connectivity index (χ0) is 48.6. The Morgan fingerprint density at radius 1 is 0.347 bits per heavy atom. The summed E-state index contributed by atoms with van der Waals surface area (Å²) in [6, 6.07) is 90.0. The topological polar surface area (TPSA) is 3.24 Å². The first-order valence-corrected chi connectivity index (χ1v) is 25.4. The van der Waals surface area contributed by atoms with Gasteiger partial charge in [-0.1, -0.05) is 262 Å². The average molecular weight is 920 g/mol. The van der Waals surface area contributed by atoms with Crippen molar-refractivity contribution in [1.29, 1.82) is 0 Å². The smallest absolute Gasteiger partial charge is 0.242 e. The minimum absolute atomic E-state index is 0.116. The third-order valence-corrected chi connectivity index (χ3v) is 16.0. The van der Waals surface area contributed by atoms with Crippen LogP contribution >= 0.6 is 0 Å². The molecule has 0 atom stereocenters. The van der Waals surface area contributed by atoms with Gasteiger partial charge in [0.15, 0.2) is 0 Å². The Morgan fingerprint density at radius 3 is 1.47 bits per heavy atom. The van der Waals surface area contributed by atoms with Crippen molar-refractivity contribution in [1.82, 2.24) is 0 Å². The van der Waals surface area contributed by atoms with Gasteiger partial charge in [0.25, 0.3) is 0 Å². The summed E-state index contributed by atoms with van der Waals surface area (Å²) < 4.78 is 0. The van der Waals surface area contributed by atoms with Crippen molar-refractivity contribution in [3.63, 3.8) is 0 Å². The number of rotatable bonds is 9. The number of anilines is 3. The zero-order valence-corrected chi connectivity index (χ0v) is 41.3. The van der Waals surface area contributed by atoms with E-state index in [1.807, 2.05) is 0 Å². The van der Waals surface area contributed by atoms with E-state index in [1.165, 1.54) is 110 Å². The Kier molecular flexibility index (Phi) is 10.4. The summed E-state index contributed by atoms with van der Waals surface area (Å²) in [6.07, 6.45) is 4.60. The molecule has 0 unspecified atom stereocenters. The summed E-state index contributed by atoms with van der Waals surface area (Å²) in [4.78, 5) is 2.37. The van der Waals surface area contributed by atoms with Crippen molar-refractivity contribution in [3.8, 4) is 33.4 Å². The van der Waals surface area contributed by atoms with Gasteiger partial charge in [0.1, 0.15) is 0 Å². The van der Waals surface area contributed by atoms with Gasteiger partial charge >= 0.3 is 0 Å². The van der Waals surface area contributed by atoms with Crippen LogP contribution in [0.5, 0.6) is 0 Å². The second-order valence-corrected chi connectivity index (χ2v) is 20.9. The van der Waals surface area contributed by atoms with E-state index in [9.17, 15) is 0 Å². The Balaban J connectivity index is 0.770. The van der Waals surface area contributed by atoms with Crippen LogP contribution in [-0.2, 0) is 10.8 Å². The number of hydrogen-bond acceptors (Lipinski definition) is 1. The monoisotopic (exact) mass is 919 g/mol. The summed E-state index contributed by atoms with van der Waals surface area (Å²) in [5.74, 6) is 0. The average Bonchev–Trinajstić information content (AvgIpc) is 3.79. The zero-order valence-electron chi connectivity index (χ0n) is 41.3. The number of hydrogen-bond donors (Lipinski definition) is 0. The molecule has 13 rings (SSSR count). The third kappa shape index (κ3) is 7.24. The first kappa shape index (κ1) is 43.6. The second-order valence-electron chi connectivity index (χ2n) is 20.9. The van der Waals surface area contributed by atoms with E-state index >= 15 is 0 Å². The van der Waals surface area contributed by atoms with Crippen molar-refractivity contribution in [2.45, 2.75) is 38.5 Å². The fraction of sp³-hybridized carbons (Fsp3) is 0.0857. The Bertz CT molecular complexity index is 3910. The van der Waals surface area contributed by atoms with Crippen LogP contribution in [0.15, 0.2) is 243 Å². The lowest BCUT2D eigenvalue weighted by atomic mass is 9.36. The highest BCUT2D eigenvalue weighted by Gasteiger charge is 2.38. The lowest BCUT2D eigenvalue weighted by Crippen LogP contribution is -2.52. The normalized spacial score (nSPS) is 13.7. The summed E-state index contributed by atoms with van der Waals surface area (Å²) in [7, 11) is 0. The maximum Gasteiger partial charge on any atom is 0.242 e. The van der Waals surface area contributed by atoms with Gasteiger partial charge in [0.05, 0.1) is 5.69 Å². The number of benzene rings is 11. The molecule has 0 heterocycles. The summed E-state index contributed by atoms with van der Waals surface area (Å²) in [6.45, 7) is 9.69. The summed E-state index contributed by atoms with van der Waals surface area (Å²) >= 11 is 0. The van der Waals surface area contributed by atoms with Crippen LogP contribution in [0.25, 0.3) is 67.1 Å². The molecule has 72 heavy (non-hydrogen) atoms. The van der Waals surface area contributed by atoms with E-state index in [-0.39, 0.29) is 17.5 Å². The van der Waals surface area contributed by atoms with Crippen LogP contribution in [0.4, 0.5) is 17.1 Å². The molecule has 0 saturated carbocycles. The Labute approximate surface area is 424 Å². The fourth-order valence-electron chi connectivity index (χ4n) is 12.2. The van der Waals surface area contributed by atoms with E-state index in [4.69, 9.17) is 0 Å². The maximum atomic E-state index is 2.50. The van der Waals surface area contributed by atoms with Gasteiger partial charge in [-0.05, 0) is 119 Å². The maximum absolute atomic E-state index is 2.50. The standard InChI is InChI=1S/C70H54BN/c1-69(2)63-43-47(31-39-59(63)61-41-35-52(45-65(61)69)49-33-37-56(38-34-49)72(55-23-9-6-10-24-55)68-28-16-20-51-18-12-14-26-58(51)68)29-30-48-32-40-60-62-42-36-54(46-66(62)70(3,4)64(60)44-48)71(53-21-7-5-8-22-53)67-27-15-19-50-17-11-13-25-57(50)67/h5-46H,1-4H3/b30-29+. The van der Waals surface area contributed by atoms with Gasteiger partial charge < -0.3 is 4.90 Å². The molecule has 0 bridgehead atoms. The number of fused-ring (bicyclic) bond motifs is 8. The molecule has 2 aliphatic rings. The molecule has 0 saturated heterocycles. The van der Waals surface area contributed by atoms with Gasteiger partial charge in [-0.3, -0.25) is 0 Å². The lowest BCUT2D eigenvalue weighted by Gasteiger charge is -2.27. The van der Waals surface area contributed by atoms with Gasteiger partial charge in [-0.15, -0.1) is 0 Å². The first-order valence-electron chi connectivity index (χ1n) is 25.4. The molecule has 0 fully saturated rings. The molecule has 1 nitrogen and oxygen atoms in total. The van der Waals surface area contributed by atoms with Crippen LogP contribution in [-0.4, -0.2) is 6.71 Å². The van der Waals surface area contributed by atoms with Gasteiger partial charge in [0.2, 0.25) is 6.71 Å². The van der Waals surface area contributed by atoms with Gasteiger partial charge in [0, 0.05) is 27.6 Å². The minimum Gasteiger partial charge on any atom is -0.310 e. The van der Waals surface area contributed by atoms with E-state index in [0.717, 1.165) is 11.4 Å². The van der Waals surface area contributed by atoms with Crippen molar-refractivity contribution in [2.75, 3.05) is 4.90 Å². The van der Waals surface area contributed by atoms with E-state index in [0.29, 0.717) is 0 Å². The Hall–Kier alpha value is -8.46. The largest absolute Gasteiger partial charge is 0.310 e. The van der Waals surface area contributed by atoms with Crippen molar-refractivity contribution in [2.24, 2.45) is 0 Å². The Morgan fingerprint density at radius 2 is 0.819 bits per heavy atom. The third-order valence-electron chi connectivity index (χ3n) is 16.0. The molecule has 0 N–H and O–H groups in total. The highest BCUT2D eigenvalue weighted by Crippen LogP contribution is 2.51. The molecule has 2 aliphatic carbocycles. The van der Waals surface area contributed by atoms with E-state index < -0.39 is 0 Å². The lowest BCUT2D eigenvalue weighted by molar-refractivity contribution is 0.660. The van der Waals surface area contributed by atoms with Crippen LogP contribution in [0, 0.1) is 0 Å². The molecule has 2 heteroatoms. The predicted molar refractivity (Wildman–Crippen MR) is 310 cm³/mol. The second kappa shape index (κ2) is 17.1. The van der Waals surface area contributed by atoms with Crippen molar-refractivity contribution in [3.05, 3.63) is 276 Å². The summed E-state index contributed by atoms with van der Waals surface area (Å²) in [5, 5.41) is 5.04. The minimum atomic E-state index is -0.158. The fourth-order valence-corrected chi connectivity index (χ4v) is 12.2. The first-order chi connectivity index (χ1) is 35.2. The molecular formula is C70H54BN. The molecular weight excluding hydrogens is 866 g/mol. The SMILES string of the molecule is CC1(C)c2cc(/C=C/c3ccc4c(c3)C(C)(C)c3cc(-c5ccc(N(c6ccccc6)c6cccc7ccccc67)cc5)ccc3-4)ccc2-c2ccc(B(c3ccccc3)c3cccc4ccccc34)cc21. The molecule has 0 aromatic heterocycles. The molecule has 11 aromatic rings. The molecule has 11 aromatic carbocycles. The van der Waals surface area contributed by atoms with Crippen molar-refractivity contribution >= 4 is 73.9 Å². The van der Waals surface area contributed by atoms with Gasteiger partial charge in [-0.2, -0.15) is 0 Å². The highest BCUT2D eigenvalue weighted by atomic mass is 15.1. The van der Waals surface area contributed by atoms with Gasteiger partial charge in [-0.25, -0.2) is 0 Å². The molecule has 0 aliphatic heterocycles. The summed E-state index contributed by atoms with van der Waals surface area (Å²) in [5.41, 5.74) is 22.8. The molecule has 342 valence electrons. The molecule has 0 radical (unpaired) electrons. The van der Waals surface area contributed by atoms with Crippen molar-refractivity contribution < 1.29 is 0 Å². The number of para-hydroxylation sites is 1. The van der Waals surface area contributed by atoms with Crippen LogP contribution in [0.2, 0.25) is 0 Å². The highest BCUT2D eigenvalue weighted by molar-refractivity contribution is 6.96. The predicted octanol–water partition coefficient (Wildman–Crippen LogP) is 16.4.